The van der Waals surface area contributed by atoms with Gasteiger partial charge in [0, 0.05) is 23.5 Å². The Balaban J connectivity index is 1.37. The molecule has 2 heterocycles. The molecule has 1 aromatic heterocycles. The molecular weight excluding hydrogens is 526 g/mol. The summed E-state index contributed by atoms with van der Waals surface area (Å²) < 4.78 is 27.1. The van der Waals surface area contributed by atoms with Crippen molar-refractivity contribution in [3.8, 4) is 11.1 Å². The molecule has 0 bridgehead atoms. The van der Waals surface area contributed by atoms with Gasteiger partial charge in [0.05, 0.1) is 11.3 Å². The third kappa shape index (κ3) is 6.23. The first kappa shape index (κ1) is 25.7. The molecule has 11 heteroatoms. The number of carbonyl (C=O) groups excluding carboxylic acids is 2. The molecule has 0 aliphatic carbocycles. The van der Waals surface area contributed by atoms with Crippen LogP contribution < -0.4 is 5.32 Å². The van der Waals surface area contributed by atoms with Crippen LogP contribution in [0.4, 0.5) is 14.5 Å². The fourth-order valence-electron chi connectivity index (χ4n) is 3.45. The van der Waals surface area contributed by atoms with Gasteiger partial charge in [-0.05, 0) is 58.5 Å². The number of amides is 2. The minimum Gasteiger partial charge on any atom is -0.481 e. The van der Waals surface area contributed by atoms with Gasteiger partial charge in [0.25, 0.3) is 5.91 Å². The van der Waals surface area contributed by atoms with Crippen LogP contribution in [-0.4, -0.2) is 38.7 Å². The summed E-state index contributed by atoms with van der Waals surface area (Å²) in [5, 5.41) is 13.4. The first-order chi connectivity index (χ1) is 17.2. The van der Waals surface area contributed by atoms with E-state index >= 15 is 0 Å². The maximum absolute atomic E-state index is 13.5. The highest BCUT2D eigenvalue weighted by Gasteiger charge is 2.32. The number of carboxylic acid groups (broad SMARTS) is 1. The van der Waals surface area contributed by atoms with E-state index in [0.29, 0.717) is 31.6 Å². The van der Waals surface area contributed by atoms with Crippen LogP contribution in [0.1, 0.15) is 16.9 Å². The zero-order valence-corrected chi connectivity index (χ0v) is 20.9. The molecule has 0 radical (unpaired) electrons. The standard InChI is InChI=1S/C25H18F2N2O4S3/c26-19-5-4-15(11-20(19)27)16-10-18(35-13-16)12-21-24(33)29(25(34)36-21)7-6-22(30)28-17-3-1-2-14(8-17)9-23(31)32/h1-5,8,10-13H,6-7,9H2,(H,28,30)(H,31,32). The maximum atomic E-state index is 13.5. The number of anilines is 1. The van der Waals surface area contributed by atoms with Gasteiger partial charge in [-0.25, -0.2) is 8.78 Å². The summed E-state index contributed by atoms with van der Waals surface area (Å²) in [7, 11) is 0. The quantitative estimate of drug-likeness (QED) is 0.286. The van der Waals surface area contributed by atoms with Gasteiger partial charge in [-0.2, -0.15) is 0 Å². The Morgan fingerprint density at radius 1 is 1.08 bits per heavy atom. The second-order valence-electron chi connectivity index (χ2n) is 7.77. The molecule has 1 fully saturated rings. The van der Waals surface area contributed by atoms with E-state index < -0.39 is 17.6 Å². The van der Waals surface area contributed by atoms with Crippen LogP contribution >= 0.6 is 35.3 Å². The Bertz CT molecular complexity index is 1400. The lowest BCUT2D eigenvalue weighted by molar-refractivity contribution is -0.136. The molecule has 1 aliphatic heterocycles. The number of benzene rings is 2. The number of hydrogen-bond acceptors (Lipinski definition) is 6. The van der Waals surface area contributed by atoms with Crippen molar-refractivity contribution in [2.24, 2.45) is 0 Å². The van der Waals surface area contributed by atoms with Crippen LogP contribution in [-0.2, 0) is 20.8 Å². The third-order valence-corrected chi connectivity index (χ3v) is 7.41. The molecule has 0 spiro atoms. The second kappa shape index (κ2) is 11.1. The smallest absolute Gasteiger partial charge is 0.307 e. The van der Waals surface area contributed by atoms with Gasteiger partial charge in [-0.15, -0.1) is 11.3 Å². The van der Waals surface area contributed by atoms with Gasteiger partial charge in [-0.3, -0.25) is 19.3 Å². The number of carbonyl (C=O) groups is 3. The summed E-state index contributed by atoms with van der Waals surface area (Å²) in [4.78, 5) is 38.6. The average molecular weight is 545 g/mol. The summed E-state index contributed by atoms with van der Waals surface area (Å²) >= 11 is 7.80. The molecule has 0 saturated carbocycles. The molecule has 2 aromatic carbocycles. The number of thioether (sulfide) groups is 1. The predicted molar refractivity (Wildman–Crippen MR) is 141 cm³/mol. The first-order valence-corrected chi connectivity index (χ1v) is 12.7. The molecular formula is C25H18F2N2O4S3. The molecule has 2 amide bonds. The lowest BCUT2D eigenvalue weighted by Crippen LogP contribution is -2.31. The van der Waals surface area contributed by atoms with E-state index in [1.807, 2.05) is 0 Å². The maximum Gasteiger partial charge on any atom is 0.307 e. The summed E-state index contributed by atoms with van der Waals surface area (Å²) in [6.45, 7) is 0.0905. The minimum absolute atomic E-state index is 0.00214. The second-order valence-corrected chi connectivity index (χ2v) is 10.4. The average Bonchev–Trinajstić information content (AvgIpc) is 3.38. The highest BCUT2D eigenvalue weighted by Crippen LogP contribution is 2.35. The summed E-state index contributed by atoms with van der Waals surface area (Å²) in [5.74, 6) is -3.47. The van der Waals surface area contributed by atoms with Gasteiger partial charge in [0.2, 0.25) is 5.91 Å². The Morgan fingerprint density at radius 2 is 1.89 bits per heavy atom. The summed E-state index contributed by atoms with van der Waals surface area (Å²) in [6, 6.07) is 12.0. The first-order valence-electron chi connectivity index (χ1n) is 10.6. The third-order valence-electron chi connectivity index (χ3n) is 5.15. The molecule has 2 N–H and O–H groups in total. The van der Waals surface area contributed by atoms with E-state index in [-0.39, 0.29) is 31.2 Å². The molecule has 36 heavy (non-hydrogen) atoms. The lowest BCUT2D eigenvalue weighted by Gasteiger charge is -2.14. The van der Waals surface area contributed by atoms with E-state index in [9.17, 15) is 23.2 Å². The molecule has 1 saturated heterocycles. The molecule has 0 atom stereocenters. The monoisotopic (exact) mass is 544 g/mol. The van der Waals surface area contributed by atoms with Crippen molar-refractivity contribution in [2.75, 3.05) is 11.9 Å². The van der Waals surface area contributed by atoms with Crippen molar-refractivity contribution in [3.05, 3.63) is 80.9 Å². The number of carboxylic acids is 1. The van der Waals surface area contributed by atoms with Crippen LogP contribution in [0.25, 0.3) is 17.2 Å². The van der Waals surface area contributed by atoms with Crippen molar-refractivity contribution < 1.29 is 28.3 Å². The number of halogens is 2. The molecule has 3 aromatic rings. The zero-order chi connectivity index (χ0) is 25.8. The summed E-state index contributed by atoms with van der Waals surface area (Å²) in [5.41, 5.74) is 2.25. The van der Waals surface area contributed by atoms with Crippen LogP contribution in [0.15, 0.2) is 58.8 Å². The number of nitrogens with zero attached hydrogens (tertiary/aromatic N) is 1. The fraction of sp³-hybridized carbons (Fsp3) is 0.120. The van der Waals surface area contributed by atoms with Gasteiger partial charge in [0.1, 0.15) is 4.32 Å². The van der Waals surface area contributed by atoms with Crippen molar-refractivity contribution >= 4 is 69.2 Å². The number of thiocarbonyl (C=S) groups is 1. The molecule has 0 unspecified atom stereocenters. The zero-order valence-electron chi connectivity index (χ0n) is 18.5. The van der Waals surface area contributed by atoms with Gasteiger partial charge in [-0.1, -0.05) is 42.2 Å². The molecule has 6 nitrogen and oxygen atoms in total. The summed E-state index contributed by atoms with van der Waals surface area (Å²) in [6.07, 6.45) is 1.53. The fourth-order valence-corrected chi connectivity index (χ4v) is 5.67. The van der Waals surface area contributed by atoms with E-state index in [1.165, 1.54) is 22.3 Å². The lowest BCUT2D eigenvalue weighted by atomic mass is 10.1. The van der Waals surface area contributed by atoms with Gasteiger partial charge < -0.3 is 10.4 Å². The number of thiophene rings is 1. The number of hydrogen-bond donors (Lipinski definition) is 2. The molecule has 4 rings (SSSR count). The highest BCUT2D eigenvalue weighted by atomic mass is 32.2. The normalized spacial score (nSPS) is 14.5. The predicted octanol–water partition coefficient (Wildman–Crippen LogP) is 5.55. The SMILES string of the molecule is O=C(O)Cc1cccc(NC(=O)CCN2C(=O)C(=Cc3cc(-c4ccc(F)c(F)c4)cs3)SC2=S)c1. The van der Waals surface area contributed by atoms with Crippen molar-refractivity contribution in [3.63, 3.8) is 0 Å². The van der Waals surface area contributed by atoms with E-state index in [1.54, 1.807) is 41.8 Å². The van der Waals surface area contributed by atoms with Crippen molar-refractivity contribution in [2.45, 2.75) is 12.8 Å². The Morgan fingerprint density at radius 3 is 2.64 bits per heavy atom. The van der Waals surface area contributed by atoms with E-state index in [2.05, 4.69) is 5.32 Å². The largest absolute Gasteiger partial charge is 0.481 e. The van der Waals surface area contributed by atoms with E-state index in [4.69, 9.17) is 17.3 Å². The number of nitrogens with one attached hydrogen (secondary N) is 1. The highest BCUT2D eigenvalue weighted by molar-refractivity contribution is 8.26. The van der Waals surface area contributed by atoms with Gasteiger partial charge in [0.15, 0.2) is 11.6 Å². The van der Waals surface area contributed by atoms with Crippen LogP contribution in [0, 0.1) is 11.6 Å². The van der Waals surface area contributed by atoms with E-state index in [0.717, 1.165) is 28.8 Å². The van der Waals surface area contributed by atoms with Crippen LogP contribution in [0.3, 0.4) is 0 Å². The van der Waals surface area contributed by atoms with Crippen molar-refractivity contribution in [1.82, 2.24) is 4.90 Å². The minimum atomic E-state index is -0.969. The Hall–Kier alpha value is -3.41. The van der Waals surface area contributed by atoms with Gasteiger partial charge >= 0.3 is 5.97 Å². The van der Waals surface area contributed by atoms with Crippen LogP contribution in [0.2, 0.25) is 0 Å². The van der Waals surface area contributed by atoms with Crippen LogP contribution in [0.5, 0.6) is 0 Å². The Labute approximate surface area is 218 Å². The number of aliphatic carboxylic acids is 1. The molecule has 184 valence electrons. The van der Waals surface area contributed by atoms with Crippen molar-refractivity contribution in [1.29, 1.82) is 0 Å². The topological polar surface area (TPSA) is 86.7 Å². The number of rotatable bonds is 8. The Kier molecular flexibility index (Phi) is 7.92. The molecule has 1 aliphatic rings.